The van der Waals surface area contributed by atoms with Gasteiger partial charge in [0.25, 0.3) is 0 Å². The van der Waals surface area contributed by atoms with Gasteiger partial charge in [0.2, 0.25) is 0 Å². The van der Waals surface area contributed by atoms with Gasteiger partial charge in [-0.15, -0.1) is 0 Å². The minimum absolute atomic E-state index is 0. The third kappa shape index (κ3) is 34.0. The summed E-state index contributed by atoms with van der Waals surface area (Å²) < 4.78 is 20.3. The summed E-state index contributed by atoms with van der Waals surface area (Å²) >= 11 is 0. The van der Waals surface area contributed by atoms with E-state index in [-0.39, 0.29) is 59.1 Å². The Bertz CT molecular complexity index is 412. The van der Waals surface area contributed by atoms with Crippen molar-refractivity contribution in [3.63, 3.8) is 0 Å². The third-order valence-corrected chi connectivity index (χ3v) is 5.86. The normalized spacial score (nSPS) is 12.2. The summed E-state index contributed by atoms with van der Waals surface area (Å²) in [7, 11) is -5.15. The molecule has 188 valence electrons. The maximum Gasteiger partial charge on any atom is 1.00 e. The molecule has 0 N–H and O–H groups in total. The Labute approximate surface area is 248 Å². The predicted molar refractivity (Wildman–Crippen MR) is 123 cm³/mol. The molecular formula is C24H49Na2O6P. The van der Waals surface area contributed by atoms with Crippen molar-refractivity contribution in [2.24, 2.45) is 0 Å². The van der Waals surface area contributed by atoms with E-state index in [1.165, 1.54) is 89.9 Å². The Kier molecular flexibility index (Phi) is 36.3. The van der Waals surface area contributed by atoms with Crippen molar-refractivity contribution >= 4 is 7.82 Å². The van der Waals surface area contributed by atoms with E-state index in [9.17, 15) is 14.4 Å². The van der Waals surface area contributed by atoms with Crippen molar-refractivity contribution < 1.29 is 87.8 Å². The van der Waals surface area contributed by atoms with Gasteiger partial charge in [0, 0.05) is 13.0 Å². The monoisotopic (exact) mass is 510 g/mol. The van der Waals surface area contributed by atoms with Crippen LogP contribution >= 0.6 is 7.82 Å². The molecule has 0 spiro atoms. The van der Waals surface area contributed by atoms with E-state index in [0.29, 0.717) is 13.0 Å². The fourth-order valence-electron chi connectivity index (χ4n) is 3.69. The van der Waals surface area contributed by atoms with Crippen LogP contribution in [0.3, 0.4) is 0 Å². The Balaban J connectivity index is -0.00000450. The Hall–Kier alpha value is 2.03. The molecule has 0 aliphatic rings. The average Bonchev–Trinajstić information content (AvgIpc) is 2.73. The van der Waals surface area contributed by atoms with Crippen molar-refractivity contribution in [2.45, 2.75) is 149 Å². The summed E-state index contributed by atoms with van der Waals surface area (Å²) in [4.78, 5) is 26.1. The quantitative estimate of drug-likeness (QED) is 0.0454. The smallest absolute Gasteiger partial charge is 0.788 e. The first-order valence-electron chi connectivity index (χ1n) is 13.0. The van der Waals surface area contributed by atoms with Gasteiger partial charge in [0.05, 0.1) is 0 Å². The van der Waals surface area contributed by atoms with Crippen LogP contribution in [0.25, 0.3) is 0 Å². The molecule has 0 bridgehead atoms. The molecule has 0 aliphatic heterocycles. The Morgan fingerprint density at radius 2 is 0.970 bits per heavy atom. The molecule has 0 aromatic carbocycles. The first kappa shape index (κ1) is 39.5. The summed E-state index contributed by atoms with van der Waals surface area (Å²) in [6.45, 7) is 4.93. The van der Waals surface area contributed by atoms with Crippen LogP contribution in [0.5, 0.6) is 0 Å². The molecule has 0 saturated carbocycles. The molecule has 6 nitrogen and oxygen atoms in total. The van der Waals surface area contributed by atoms with Gasteiger partial charge in [0.1, 0.15) is 7.82 Å². The van der Waals surface area contributed by atoms with Crippen LogP contribution in [-0.2, 0) is 18.9 Å². The van der Waals surface area contributed by atoms with E-state index in [1.54, 1.807) is 0 Å². The molecule has 0 fully saturated rings. The van der Waals surface area contributed by atoms with Crippen LogP contribution in [0.4, 0.5) is 0 Å². The molecular weight excluding hydrogens is 461 g/mol. The number of hydrogen-bond acceptors (Lipinski definition) is 6. The zero-order valence-corrected chi connectivity index (χ0v) is 27.2. The molecule has 1 unspecified atom stereocenters. The van der Waals surface area contributed by atoms with E-state index in [0.717, 1.165) is 32.1 Å². The van der Waals surface area contributed by atoms with E-state index in [2.05, 4.69) is 18.5 Å². The van der Waals surface area contributed by atoms with Crippen molar-refractivity contribution in [3.05, 3.63) is 0 Å². The number of ether oxygens (including phenoxy) is 1. The van der Waals surface area contributed by atoms with Gasteiger partial charge in [-0.3, -0.25) is 0 Å². The molecule has 0 amide bonds. The summed E-state index contributed by atoms with van der Waals surface area (Å²) in [6, 6.07) is 0. The second-order valence-corrected chi connectivity index (χ2v) is 9.76. The Morgan fingerprint density at radius 3 is 1.36 bits per heavy atom. The second kappa shape index (κ2) is 30.3. The third-order valence-electron chi connectivity index (χ3n) is 5.59. The number of unbranched alkanes of at least 4 members (excludes halogenated alkanes) is 17. The maximum absolute atomic E-state index is 10.7. The molecule has 0 aliphatic carbocycles. The summed E-state index contributed by atoms with van der Waals surface area (Å²) in [6.07, 6.45) is 23.0. The minimum atomic E-state index is -5.15. The molecule has 1 atom stereocenters. The summed E-state index contributed by atoms with van der Waals surface area (Å²) in [5.41, 5.74) is 0. The molecule has 0 radical (unpaired) electrons. The molecule has 0 aromatic rings. The fourth-order valence-corrected chi connectivity index (χ4v) is 3.89. The van der Waals surface area contributed by atoms with Crippen molar-refractivity contribution in [1.82, 2.24) is 0 Å². The first-order chi connectivity index (χ1) is 15.0. The summed E-state index contributed by atoms with van der Waals surface area (Å²) in [5, 5.41) is 0. The van der Waals surface area contributed by atoms with Crippen molar-refractivity contribution in [3.8, 4) is 0 Å². The van der Waals surface area contributed by atoms with E-state index >= 15 is 0 Å². The zero-order valence-electron chi connectivity index (χ0n) is 22.3. The number of hydrogen-bond donors (Lipinski definition) is 0. The van der Waals surface area contributed by atoms with Gasteiger partial charge >= 0.3 is 59.1 Å². The van der Waals surface area contributed by atoms with Crippen LogP contribution in [0.1, 0.15) is 142 Å². The molecule has 0 heterocycles. The van der Waals surface area contributed by atoms with E-state index in [1.807, 2.05) is 0 Å². The largest absolute Gasteiger partial charge is 1.00 e. The standard InChI is InChI=1S/C24H51O6P.2Na/c1-3-5-7-9-11-12-13-14-15-16-17-18-20-22-24(29-30-31(25,26)27)28-23-21-19-10-8-6-4-2;;/h24H,3-23H2,1-2H3,(H2,25,26,27);;/q;2*+1/p-2. The van der Waals surface area contributed by atoms with Gasteiger partial charge in [-0.2, -0.15) is 0 Å². The number of rotatable bonds is 25. The van der Waals surface area contributed by atoms with Gasteiger partial charge in [-0.1, -0.05) is 123 Å². The minimum Gasteiger partial charge on any atom is -0.788 e. The molecule has 0 saturated heterocycles. The maximum atomic E-state index is 10.7. The molecule has 9 heteroatoms. The van der Waals surface area contributed by atoms with Gasteiger partial charge in [-0.25, -0.2) is 9.56 Å². The van der Waals surface area contributed by atoms with Crippen LogP contribution in [0, 0.1) is 0 Å². The second-order valence-electron chi connectivity index (χ2n) is 8.72. The molecule has 0 aromatic heterocycles. The van der Waals surface area contributed by atoms with Crippen LogP contribution in [0.15, 0.2) is 0 Å². The fraction of sp³-hybridized carbons (Fsp3) is 1.00. The first-order valence-corrected chi connectivity index (χ1v) is 14.4. The zero-order chi connectivity index (χ0) is 23.0. The molecule has 33 heavy (non-hydrogen) atoms. The Morgan fingerprint density at radius 1 is 0.606 bits per heavy atom. The van der Waals surface area contributed by atoms with E-state index < -0.39 is 14.1 Å². The summed E-state index contributed by atoms with van der Waals surface area (Å²) in [5.74, 6) is 0. The van der Waals surface area contributed by atoms with Crippen LogP contribution in [0.2, 0.25) is 0 Å². The average molecular weight is 511 g/mol. The van der Waals surface area contributed by atoms with Crippen LogP contribution in [-0.4, -0.2) is 12.9 Å². The predicted octanol–water partition coefficient (Wildman–Crippen LogP) is 0.956. The topological polar surface area (TPSA) is 90.9 Å². The SMILES string of the molecule is CCCCCCCCCCCCCCCC(OCCCCCCCC)OOP(=O)([O-])[O-].[Na+].[Na+]. The van der Waals surface area contributed by atoms with Crippen molar-refractivity contribution in [1.29, 1.82) is 0 Å². The van der Waals surface area contributed by atoms with E-state index in [4.69, 9.17) is 9.62 Å². The van der Waals surface area contributed by atoms with Crippen molar-refractivity contribution in [2.75, 3.05) is 6.61 Å². The van der Waals surface area contributed by atoms with Gasteiger partial charge < -0.3 is 19.1 Å². The molecule has 0 rings (SSSR count). The van der Waals surface area contributed by atoms with Crippen LogP contribution < -0.4 is 68.9 Å². The number of phosphoric acid groups is 1. The van der Waals surface area contributed by atoms with Gasteiger partial charge in [0.15, 0.2) is 6.29 Å². The van der Waals surface area contributed by atoms with Gasteiger partial charge in [-0.05, 0) is 12.8 Å².